The molecule has 1 fully saturated rings. The monoisotopic (exact) mass is 540 g/mol. The van der Waals surface area contributed by atoms with Gasteiger partial charge in [-0.05, 0) is 57.0 Å². The zero-order chi connectivity index (χ0) is 21.5. The standard InChI is InChI=1S/C23H36N6O.HI/c1-6-24-23(25-16-18(2)17-29-20(4)15-19(3)26-29)28-13-11-27(12-14-28)21-7-9-22(30-5)10-8-21;/h7-10,15,18H,6,11-14,16-17H2,1-5H3,(H,24,25);1H. The van der Waals surface area contributed by atoms with E-state index in [4.69, 9.17) is 9.73 Å². The average molecular weight is 540 g/mol. The van der Waals surface area contributed by atoms with E-state index in [-0.39, 0.29) is 24.0 Å². The van der Waals surface area contributed by atoms with Gasteiger partial charge in [0.25, 0.3) is 0 Å². The van der Waals surface area contributed by atoms with Gasteiger partial charge in [0.05, 0.1) is 12.8 Å². The van der Waals surface area contributed by atoms with Gasteiger partial charge in [-0.2, -0.15) is 5.10 Å². The summed E-state index contributed by atoms with van der Waals surface area (Å²) in [5.41, 5.74) is 3.53. The van der Waals surface area contributed by atoms with Crippen molar-refractivity contribution in [1.82, 2.24) is 20.0 Å². The Balaban J connectivity index is 0.00000341. The van der Waals surface area contributed by atoms with E-state index in [1.165, 1.54) is 11.4 Å². The number of rotatable bonds is 7. The van der Waals surface area contributed by atoms with Crippen molar-refractivity contribution in [3.8, 4) is 5.75 Å². The van der Waals surface area contributed by atoms with Gasteiger partial charge in [-0.15, -0.1) is 24.0 Å². The summed E-state index contributed by atoms with van der Waals surface area (Å²) in [6, 6.07) is 10.4. The number of ether oxygens (including phenoxy) is 1. The molecule has 0 amide bonds. The molecule has 1 saturated heterocycles. The number of benzene rings is 1. The molecule has 0 bridgehead atoms. The maximum Gasteiger partial charge on any atom is 0.194 e. The molecule has 1 aromatic heterocycles. The first kappa shape index (κ1) is 25.3. The van der Waals surface area contributed by atoms with Crippen molar-refractivity contribution in [2.24, 2.45) is 10.9 Å². The minimum atomic E-state index is 0. The first-order chi connectivity index (χ1) is 14.5. The highest BCUT2D eigenvalue weighted by Crippen LogP contribution is 2.20. The zero-order valence-corrected chi connectivity index (χ0v) is 21.8. The fourth-order valence-corrected chi connectivity index (χ4v) is 3.85. The van der Waals surface area contributed by atoms with Gasteiger partial charge < -0.3 is 19.9 Å². The first-order valence-electron chi connectivity index (χ1n) is 10.9. The predicted octanol–water partition coefficient (Wildman–Crippen LogP) is 3.55. The molecule has 0 saturated carbocycles. The van der Waals surface area contributed by atoms with Crippen LogP contribution >= 0.6 is 24.0 Å². The molecule has 8 heteroatoms. The number of halogens is 1. The van der Waals surface area contributed by atoms with E-state index < -0.39 is 0 Å². The minimum Gasteiger partial charge on any atom is -0.497 e. The normalized spacial score (nSPS) is 15.5. The molecule has 0 radical (unpaired) electrons. The molecule has 2 aromatic rings. The lowest BCUT2D eigenvalue weighted by molar-refractivity contribution is 0.369. The van der Waals surface area contributed by atoms with Crippen LogP contribution in [0.2, 0.25) is 0 Å². The first-order valence-corrected chi connectivity index (χ1v) is 10.9. The Labute approximate surface area is 203 Å². The summed E-state index contributed by atoms with van der Waals surface area (Å²) in [4.78, 5) is 9.74. The van der Waals surface area contributed by atoms with Gasteiger partial charge in [-0.1, -0.05) is 6.92 Å². The molecule has 1 atom stereocenters. The van der Waals surface area contributed by atoms with Gasteiger partial charge >= 0.3 is 0 Å². The number of piperazine rings is 1. The predicted molar refractivity (Wildman–Crippen MR) is 139 cm³/mol. The van der Waals surface area contributed by atoms with Crippen molar-refractivity contribution in [1.29, 1.82) is 0 Å². The van der Waals surface area contributed by atoms with Gasteiger partial charge in [0, 0.05) is 57.2 Å². The summed E-state index contributed by atoms with van der Waals surface area (Å²) >= 11 is 0. The SMILES string of the molecule is CCNC(=NCC(C)Cn1nc(C)cc1C)N1CCN(c2ccc(OC)cc2)CC1.I. The molecule has 31 heavy (non-hydrogen) atoms. The molecule has 7 nitrogen and oxygen atoms in total. The quantitative estimate of drug-likeness (QED) is 0.331. The molecular weight excluding hydrogens is 503 g/mol. The molecular formula is C23H37IN6O. The fraction of sp³-hybridized carbons (Fsp3) is 0.565. The molecule has 1 unspecified atom stereocenters. The Morgan fingerprint density at radius 1 is 1.16 bits per heavy atom. The molecule has 1 aliphatic rings. The fourth-order valence-electron chi connectivity index (χ4n) is 3.85. The summed E-state index contributed by atoms with van der Waals surface area (Å²) < 4.78 is 7.36. The Kier molecular flexibility index (Phi) is 9.93. The maximum absolute atomic E-state index is 5.27. The smallest absolute Gasteiger partial charge is 0.194 e. The van der Waals surface area contributed by atoms with Crippen LogP contribution in [0.1, 0.15) is 25.2 Å². The number of hydrogen-bond acceptors (Lipinski definition) is 4. The number of nitrogens with one attached hydrogen (secondary N) is 1. The van der Waals surface area contributed by atoms with Gasteiger partial charge in [0.1, 0.15) is 5.75 Å². The summed E-state index contributed by atoms with van der Waals surface area (Å²) in [5, 5.41) is 8.06. The number of methoxy groups -OCH3 is 1. The summed E-state index contributed by atoms with van der Waals surface area (Å²) in [6.45, 7) is 15.0. The molecule has 2 heterocycles. The lowest BCUT2D eigenvalue weighted by Gasteiger charge is -2.37. The molecule has 3 rings (SSSR count). The second-order valence-corrected chi connectivity index (χ2v) is 8.08. The summed E-state index contributed by atoms with van der Waals surface area (Å²) in [7, 11) is 1.70. The van der Waals surface area contributed by atoms with E-state index in [2.05, 4.69) is 63.9 Å². The van der Waals surface area contributed by atoms with Crippen molar-refractivity contribution < 1.29 is 4.74 Å². The van der Waals surface area contributed by atoms with Crippen molar-refractivity contribution in [3.63, 3.8) is 0 Å². The van der Waals surface area contributed by atoms with Crippen molar-refractivity contribution >= 4 is 35.6 Å². The second-order valence-electron chi connectivity index (χ2n) is 8.08. The van der Waals surface area contributed by atoms with E-state index in [1.54, 1.807) is 7.11 Å². The van der Waals surface area contributed by atoms with Crippen molar-refractivity contribution in [2.75, 3.05) is 51.3 Å². The highest BCUT2D eigenvalue weighted by atomic mass is 127. The van der Waals surface area contributed by atoms with E-state index in [0.29, 0.717) is 5.92 Å². The van der Waals surface area contributed by atoms with Crippen molar-refractivity contribution in [2.45, 2.75) is 34.2 Å². The highest BCUT2D eigenvalue weighted by Gasteiger charge is 2.20. The Morgan fingerprint density at radius 2 is 1.84 bits per heavy atom. The summed E-state index contributed by atoms with van der Waals surface area (Å²) in [5.74, 6) is 2.35. The van der Waals surface area contributed by atoms with Crippen LogP contribution in [0.5, 0.6) is 5.75 Å². The van der Waals surface area contributed by atoms with Crippen LogP contribution in [-0.4, -0.2) is 67.0 Å². The van der Waals surface area contributed by atoms with Gasteiger partial charge in [-0.3, -0.25) is 9.67 Å². The van der Waals surface area contributed by atoms with Crippen LogP contribution in [0.4, 0.5) is 5.69 Å². The Hall–Kier alpha value is -1.97. The summed E-state index contributed by atoms with van der Waals surface area (Å²) in [6.07, 6.45) is 0. The van der Waals surface area contributed by atoms with Crippen LogP contribution < -0.4 is 15.0 Å². The topological polar surface area (TPSA) is 57.9 Å². The van der Waals surface area contributed by atoms with Crippen LogP contribution in [0.15, 0.2) is 35.3 Å². The highest BCUT2D eigenvalue weighted by molar-refractivity contribution is 14.0. The number of guanidine groups is 1. The minimum absolute atomic E-state index is 0. The van der Waals surface area contributed by atoms with Crippen LogP contribution in [0.3, 0.4) is 0 Å². The Bertz CT molecular complexity index is 827. The third-order valence-electron chi connectivity index (χ3n) is 5.49. The largest absolute Gasteiger partial charge is 0.497 e. The number of anilines is 1. The third kappa shape index (κ3) is 7.02. The number of aliphatic imine (C=N–C) groups is 1. The lowest BCUT2D eigenvalue weighted by Crippen LogP contribution is -2.52. The molecule has 1 aromatic carbocycles. The lowest BCUT2D eigenvalue weighted by atomic mass is 10.2. The van der Waals surface area contributed by atoms with E-state index >= 15 is 0 Å². The van der Waals surface area contributed by atoms with Gasteiger partial charge in [0.15, 0.2) is 5.96 Å². The van der Waals surface area contributed by atoms with Crippen molar-refractivity contribution in [3.05, 3.63) is 41.7 Å². The second kappa shape index (κ2) is 12.2. The third-order valence-corrected chi connectivity index (χ3v) is 5.49. The number of hydrogen-bond donors (Lipinski definition) is 1. The van der Waals surface area contributed by atoms with E-state index in [0.717, 1.165) is 63.2 Å². The molecule has 0 aliphatic carbocycles. The van der Waals surface area contributed by atoms with Crippen LogP contribution in [0, 0.1) is 19.8 Å². The average Bonchev–Trinajstić information content (AvgIpc) is 3.07. The van der Waals surface area contributed by atoms with E-state index in [1.807, 2.05) is 19.1 Å². The van der Waals surface area contributed by atoms with Crippen LogP contribution in [-0.2, 0) is 6.54 Å². The van der Waals surface area contributed by atoms with Gasteiger partial charge in [0.2, 0.25) is 0 Å². The number of aryl methyl sites for hydroxylation is 2. The molecule has 172 valence electrons. The zero-order valence-electron chi connectivity index (χ0n) is 19.5. The number of nitrogens with zero attached hydrogens (tertiary/aromatic N) is 5. The number of aromatic nitrogens is 2. The van der Waals surface area contributed by atoms with E-state index in [9.17, 15) is 0 Å². The van der Waals surface area contributed by atoms with Gasteiger partial charge in [-0.25, -0.2) is 0 Å². The van der Waals surface area contributed by atoms with Crippen LogP contribution in [0.25, 0.3) is 0 Å². The molecule has 1 aliphatic heterocycles. The maximum atomic E-state index is 5.27. The molecule has 1 N–H and O–H groups in total. The Morgan fingerprint density at radius 3 is 2.39 bits per heavy atom. The molecule has 0 spiro atoms.